The molecule has 0 aliphatic heterocycles. The van der Waals surface area contributed by atoms with Gasteiger partial charge in [-0.1, -0.05) is 6.07 Å². The molecule has 4 heterocycles. The van der Waals surface area contributed by atoms with Gasteiger partial charge in [0.05, 0.1) is 23.8 Å². The fourth-order valence-electron chi connectivity index (χ4n) is 3.15. The van der Waals surface area contributed by atoms with Crippen molar-refractivity contribution in [3.05, 3.63) is 75.5 Å². The maximum Gasteiger partial charge on any atom is 0.267 e. The van der Waals surface area contributed by atoms with E-state index in [0.29, 0.717) is 17.1 Å². The monoisotopic (exact) mass is 373 g/mol. The van der Waals surface area contributed by atoms with Crippen molar-refractivity contribution in [3.8, 4) is 6.07 Å². The first kappa shape index (κ1) is 17.4. The lowest BCUT2D eigenvalue weighted by molar-refractivity contribution is -0.116. The van der Waals surface area contributed by atoms with Crippen molar-refractivity contribution >= 4 is 22.6 Å². The fourth-order valence-corrected chi connectivity index (χ4v) is 3.15. The van der Waals surface area contributed by atoms with Gasteiger partial charge in [0.2, 0.25) is 5.91 Å². The van der Waals surface area contributed by atoms with E-state index in [4.69, 9.17) is 4.42 Å². The second-order valence-electron chi connectivity index (χ2n) is 6.33. The number of fused-ring (bicyclic) bond motifs is 2. The van der Waals surface area contributed by atoms with E-state index in [2.05, 4.69) is 9.98 Å². The Hall–Kier alpha value is -3.99. The molecule has 4 aromatic rings. The molecule has 8 nitrogen and oxygen atoms in total. The average Bonchev–Trinajstić information content (AvgIpc) is 3.17. The molecule has 28 heavy (non-hydrogen) atoms. The highest BCUT2D eigenvalue weighted by Gasteiger charge is 2.16. The van der Waals surface area contributed by atoms with Crippen LogP contribution in [0.15, 0.2) is 57.0 Å². The highest BCUT2D eigenvalue weighted by molar-refractivity contribution is 5.79. The van der Waals surface area contributed by atoms with Crippen LogP contribution in [0.1, 0.15) is 23.8 Å². The van der Waals surface area contributed by atoms with Gasteiger partial charge in [0.15, 0.2) is 5.49 Å². The smallest absolute Gasteiger partial charge is 0.267 e. The van der Waals surface area contributed by atoms with Crippen LogP contribution in [-0.2, 0) is 11.3 Å². The van der Waals surface area contributed by atoms with E-state index in [1.807, 2.05) is 19.1 Å². The molecule has 4 rings (SSSR count). The minimum absolute atomic E-state index is 0.112. The molecule has 0 saturated carbocycles. The molecule has 1 amide bonds. The molecule has 0 unspecified atom stereocenters. The van der Waals surface area contributed by atoms with Crippen LogP contribution in [-0.4, -0.2) is 19.9 Å². The minimum atomic E-state index is -0.460. The number of aryl methyl sites for hydroxylation is 1. The Kier molecular flexibility index (Phi) is 4.12. The van der Waals surface area contributed by atoms with Crippen LogP contribution >= 0.6 is 0 Å². The van der Waals surface area contributed by atoms with E-state index in [1.165, 1.54) is 23.7 Å². The van der Waals surface area contributed by atoms with Crippen LogP contribution < -0.4 is 11.0 Å². The predicted molar refractivity (Wildman–Crippen MR) is 100 cm³/mol. The van der Waals surface area contributed by atoms with Crippen molar-refractivity contribution in [1.29, 1.82) is 5.26 Å². The van der Waals surface area contributed by atoms with Crippen LogP contribution in [0.2, 0.25) is 0 Å². The zero-order chi connectivity index (χ0) is 19.8. The Labute approximate surface area is 158 Å². The minimum Gasteiger partial charge on any atom is -0.467 e. The second kappa shape index (κ2) is 6.63. The maximum absolute atomic E-state index is 13.1. The number of amides is 1. The van der Waals surface area contributed by atoms with Crippen LogP contribution in [0.5, 0.6) is 0 Å². The lowest BCUT2D eigenvalue weighted by Gasteiger charge is -2.13. The summed E-state index contributed by atoms with van der Waals surface area (Å²) >= 11 is 0. The number of aromatic nitrogens is 3. The summed E-state index contributed by atoms with van der Waals surface area (Å²) in [6.07, 6.45) is 3.16. The maximum atomic E-state index is 13.1. The van der Waals surface area contributed by atoms with E-state index >= 15 is 0 Å². The van der Waals surface area contributed by atoms with E-state index in [9.17, 15) is 14.9 Å². The number of carbonyl (C=O) groups excluding carboxylic acids is 1. The van der Waals surface area contributed by atoms with Gasteiger partial charge < -0.3 is 8.98 Å². The molecule has 0 aliphatic carbocycles. The van der Waals surface area contributed by atoms with Crippen molar-refractivity contribution in [2.24, 2.45) is 4.99 Å². The number of carbonyl (C=O) groups is 1. The number of rotatable bonds is 2. The Morgan fingerprint density at radius 1 is 1.32 bits per heavy atom. The summed E-state index contributed by atoms with van der Waals surface area (Å²) in [5.74, 6) is 0.117. The van der Waals surface area contributed by atoms with E-state index < -0.39 is 5.91 Å². The number of hydrogen-bond donors (Lipinski definition) is 0. The average molecular weight is 373 g/mol. The molecule has 0 fully saturated rings. The number of hydrogen-bond acceptors (Lipinski definition) is 5. The standard InChI is InChI=1S/C20H15N5O3/c1-12-5-3-7-24-17(12)23-19-16(20(24)27)9-14(10-21)18(22-13(2)26)25(19)11-15-6-4-8-28-15/h3-9H,11H2,1-2H3. The third-order valence-electron chi connectivity index (χ3n) is 4.38. The highest BCUT2D eigenvalue weighted by Crippen LogP contribution is 2.14. The molecule has 0 aliphatic rings. The third kappa shape index (κ3) is 2.79. The topological polar surface area (TPSA) is 106 Å². The predicted octanol–water partition coefficient (Wildman–Crippen LogP) is 1.92. The zero-order valence-electron chi connectivity index (χ0n) is 15.2. The highest BCUT2D eigenvalue weighted by atomic mass is 16.3. The van der Waals surface area contributed by atoms with Gasteiger partial charge in [0.1, 0.15) is 23.1 Å². The molecule has 0 radical (unpaired) electrons. The number of pyridine rings is 2. The first-order valence-electron chi connectivity index (χ1n) is 8.53. The molecule has 138 valence electrons. The van der Waals surface area contributed by atoms with E-state index in [0.717, 1.165) is 5.56 Å². The van der Waals surface area contributed by atoms with Crippen molar-refractivity contribution in [3.63, 3.8) is 0 Å². The summed E-state index contributed by atoms with van der Waals surface area (Å²) in [7, 11) is 0. The Morgan fingerprint density at radius 2 is 2.14 bits per heavy atom. The summed E-state index contributed by atoms with van der Waals surface area (Å²) in [5.41, 5.74) is 1.59. The third-order valence-corrected chi connectivity index (χ3v) is 4.38. The van der Waals surface area contributed by atoms with Gasteiger partial charge in [-0.25, -0.2) is 4.98 Å². The summed E-state index contributed by atoms with van der Waals surface area (Å²) in [5, 5.41) is 9.86. The number of nitriles is 1. The first-order valence-corrected chi connectivity index (χ1v) is 8.53. The molecule has 0 N–H and O–H groups in total. The Balaban J connectivity index is 2.23. The number of furan rings is 1. The van der Waals surface area contributed by atoms with E-state index in [-0.39, 0.29) is 28.5 Å². The SMILES string of the molecule is CC(=O)N=c1c(C#N)cc2c(=O)n3cccc(C)c3nc2n1Cc1ccco1. The molecule has 0 saturated heterocycles. The lowest BCUT2D eigenvalue weighted by Crippen LogP contribution is -2.29. The Morgan fingerprint density at radius 3 is 2.82 bits per heavy atom. The van der Waals surface area contributed by atoms with Crippen molar-refractivity contribution in [2.75, 3.05) is 0 Å². The summed E-state index contributed by atoms with van der Waals surface area (Å²) < 4.78 is 8.43. The molecule has 8 heteroatoms. The fraction of sp³-hybridized carbons (Fsp3) is 0.150. The van der Waals surface area contributed by atoms with Crippen LogP contribution in [0.25, 0.3) is 16.7 Å². The van der Waals surface area contributed by atoms with Crippen molar-refractivity contribution < 1.29 is 9.21 Å². The van der Waals surface area contributed by atoms with Crippen LogP contribution in [0.4, 0.5) is 0 Å². The molecule has 0 atom stereocenters. The largest absolute Gasteiger partial charge is 0.467 e. The number of nitrogens with zero attached hydrogens (tertiary/aromatic N) is 5. The van der Waals surface area contributed by atoms with Gasteiger partial charge in [0, 0.05) is 13.1 Å². The van der Waals surface area contributed by atoms with Crippen LogP contribution in [0, 0.1) is 18.3 Å². The van der Waals surface area contributed by atoms with E-state index in [1.54, 1.807) is 29.0 Å². The molecule has 4 aromatic heterocycles. The van der Waals surface area contributed by atoms with Gasteiger partial charge in [-0.3, -0.25) is 14.0 Å². The molecule has 0 bridgehead atoms. The van der Waals surface area contributed by atoms with Gasteiger partial charge >= 0.3 is 0 Å². The van der Waals surface area contributed by atoms with Crippen LogP contribution in [0.3, 0.4) is 0 Å². The van der Waals surface area contributed by atoms with Crippen molar-refractivity contribution in [1.82, 2.24) is 14.0 Å². The van der Waals surface area contributed by atoms with Crippen molar-refractivity contribution in [2.45, 2.75) is 20.4 Å². The molecular formula is C20H15N5O3. The summed E-state index contributed by atoms with van der Waals surface area (Å²) in [6.45, 7) is 3.32. The molecular weight excluding hydrogens is 358 g/mol. The van der Waals surface area contributed by atoms with Gasteiger partial charge in [-0.2, -0.15) is 10.3 Å². The summed E-state index contributed by atoms with van der Waals surface area (Å²) in [6, 6.07) is 10.6. The van der Waals surface area contributed by atoms with Gasteiger partial charge in [0.25, 0.3) is 5.56 Å². The van der Waals surface area contributed by atoms with Gasteiger partial charge in [-0.15, -0.1) is 0 Å². The zero-order valence-corrected chi connectivity index (χ0v) is 15.2. The Bertz CT molecular complexity index is 1400. The quantitative estimate of drug-likeness (QED) is 0.499. The first-order chi connectivity index (χ1) is 13.5. The molecule has 0 aromatic carbocycles. The summed E-state index contributed by atoms with van der Waals surface area (Å²) in [4.78, 5) is 33.5. The molecule has 0 spiro atoms. The lowest BCUT2D eigenvalue weighted by atomic mass is 10.2. The normalized spacial score (nSPS) is 11.8. The second-order valence-corrected chi connectivity index (χ2v) is 6.33. The van der Waals surface area contributed by atoms with Gasteiger partial charge in [-0.05, 0) is 36.8 Å².